The summed E-state index contributed by atoms with van der Waals surface area (Å²) in [5.74, 6) is -2.37. The molecule has 1 unspecified atom stereocenters. The van der Waals surface area contributed by atoms with E-state index in [9.17, 15) is 24.3 Å². The Morgan fingerprint density at radius 2 is 1.40 bits per heavy atom. The van der Waals surface area contributed by atoms with Crippen LogP contribution < -0.4 is 40.0 Å². The molecule has 3 aliphatic rings. The van der Waals surface area contributed by atoms with E-state index >= 15 is 0 Å². The number of nitrogens with one attached hydrogen (secondary N) is 1. The number of hydrogen-bond donors (Lipinski definition) is 1. The minimum atomic E-state index is -1.15. The number of benzene rings is 2. The number of hydrogen-bond acceptors (Lipinski definition) is 10. The standard InChI is InChI=1S/C36H41N3O8.Na/c1-45-33(42)31-32(34(43)46-2)39-29(36(31)27-17-12-10-15-25(27)26-16-11-13-18-28(26)36)21-24(22-38-39)23-47-35(44)37-20-14-8-6-4-3-5-7-9-19-30(40)41;/h10-13,15-18,21-22,29H,3-9,14,19-20,23H2,1-2H3,(H,37,44)(H,40,41);/q;+1/p-1. The van der Waals surface area contributed by atoms with Gasteiger partial charge in [-0.3, -0.25) is 0 Å². The molecule has 2 aliphatic heterocycles. The Kier molecular flexibility index (Phi) is 13.0. The fourth-order valence-electron chi connectivity index (χ4n) is 6.92. The second kappa shape index (κ2) is 16.9. The van der Waals surface area contributed by atoms with Gasteiger partial charge in [0.1, 0.15) is 6.61 Å². The van der Waals surface area contributed by atoms with Crippen molar-refractivity contribution in [2.24, 2.45) is 5.10 Å². The summed E-state index contributed by atoms with van der Waals surface area (Å²) in [4.78, 5) is 49.9. The smallest absolute Gasteiger partial charge is 0.550 e. The quantitative estimate of drug-likeness (QED) is 0.128. The zero-order valence-corrected chi connectivity index (χ0v) is 29.8. The number of hydrazone groups is 1. The molecule has 1 spiro atoms. The average Bonchev–Trinajstić information content (AvgIpc) is 3.56. The van der Waals surface area contributed by atoms with Gasteiger partial charge in [0.05, 0.1) is 37.5 Å². The van der Waals surface area contributed by atoms with Gasteiger partial charge in [0.25, 0.3) is 0 Å². The summed E-state index contributed by atoms with van der Waals surface area (Å²) in [5, 5.41) is 19.4. The second-order valence-electron chi connectivity index (χ2n) is 11.8. The van der Waals surface area contributed by atoms with E-state index in [0.717, 1.165) is 67.2 Å². The minimum absolute atomic E-state index is 0. The van der Waals surface area contributed by atoms with Crippen LogP contribution in [0.1, 0.15) is 68.9 Å². The zero-order chi connectivity index (χ0) is 33.4. The fourth-order valence-corrected chi connectivity index (χ4v) is 6.92. The third-order valence-electron chi connectivity index (χ3n) is 9.00. The maximum Gasteiger partial charge on any atom is 1.00 e. The van der Waals surface area contributed by atoms with E-state index < -0.39 is 35.5 Å². The molecule has 0 radical (unpaired) electrons. The largest absolute Gasteiger partial charge is 1.00 e. The van der Waals surface area contributed by atoms with Crippen LogP contribution in [0.5, 0.6) is 0 Å². The van der Waals surface area contributed by atoms with Crippen molar-refractivity contribution < 1.29 is 68.1 Å². The SMILES string of the molecule is COC(=O)C1=C(C(=O)OC)C2(c3ccccc3-c3ccccc32)C2C=C(COC(=O)NCCCCCCCCCCC(=O)[O-])C=NN12.[Na+]. The number of fused-ring (bicyclic) bond motifs is 7. The van der Waals surface area contributed by atoms with E-state index in [4.69, 9.17) is 14.2 Å². The number of nitrogens with zero attached hydrogens (tertiary/aromatic N) is 2. The van der Waals surface area contributed by atoms with Crippen LogP contribution in [0.3, 0.4) is 0 Å². The molecule has 0 fully saturated rings. The third-order valence-corrected chi connectivity index (χ3v) is 9.00. The molecule has 0 saturated heterocycles. The van der Waals surface area contributed by atoms with Gasteiger partial charge in [0.2, 0.25) is 0 Å². The summed E-state index contributed by atoms with van der Waals surface area (Å²) in [5.41, 5.74) is 3.13. The Balaban J connectivity index is 0.00000520. The molecule has 11 nitrogen and oxygen atoms in total. The van der Waals surface area contributed by atoms with Crippen LogP contribution in [0.4, 0.5) is 4.79 Å². The first-order chi connectivity index (χ1) is 22.8. The van der Waals surface area contributed by atoms with Crippen molar-refractivity contribution in [3.05, 3.63) is 82.6 Å². The van der Waals surface area contributed by atoms with Crippen LogP contribution in [0.25, 0.3) is 11.1 Å². The van der Waals surface area contributed by atoms with Crippen LogP contribution in [0.2, 0.25) is 0 Å². The van der Waals surface area contributed by atoms with Crippen molar-refractivity contribution in [3.63, 3.8) is 0 Å². The van der Waals surface area contributed by atoms with Gasteiger partial charge in [0.15, 0.2) is 5.70 Å². The summed E-state index contributed by atoms with van der Waals surface area (Å²) in [6.07, 6.45) is 10.5. The monoisotopic (exact) mass is 665 g/mol. The predicted molar refractivity (Wildman–Crippen MR) is 172 cm³/mol. The van der Waals surface area contributed by atoms with Gasteiger partial charge in [-0.15, -0.1) is 0 Å². The first-order valence-corrected chi connectivity index (χ1v) is 16.1. The Bertz CT molecular complexity index is 1570. The summed E-state index contributed by atoms with van der Waals surface area (Å²) < 4.78 is 16.0. The Labute approximate surface area is 302 Å². The average molecular weight is 666 g/mol. The first-order valence-electron chi connectivity index (χ1n) is 16.1. The summed E-state index contributed by atoms with van der Waals surface area (Å²) in [6.45, 7) is 0.428. The molecule has 12 heteroatoms. The Morgan fingerprint density at radius 1 is 0.833 bits per heavy atom. The maximum absolute atomic E-state index is 13.6. The number of carbonyl (C=O) groups excluding carboxylic acids is 4. The number of esters is 2. The van der Waals surface area contributed by atoms with Gasteiger partial charge < -0.3 is 29.4 Å². The second-order valence-corrected chi connectivity index (χ2v) is 11.8. The Morgan fingerprint density at radius 3 is 1.98 bits per heavy atom. The molecular formula is C36H40N3NaO8. The van der Waals surface area contributed by atoms with E-state index in [1.54, 1.807) is 0 Å². The maximum atomic E-state index is 13.6. The van der Waals surface area contributed by atoms with Gasteiger partial charge in [-0.2, -0.15) is 5.10 Å². The minimum Gasteiger partial charge on any atom is -0.550 e. The zero-order valence-electron chi connectivity index (χ0n) is 27.8. The predicted octanol–water partition coefficient (Wildman–Crippen LogP) is 1.15. The first kappa shape index (κ1) is 36.9. The van der Waals surface area contributed by atoms with Crippen molar-refractivity contribution in [1.29, 1.82) is 0 Å². The summed E-state index contributed by atoms with van der Waals surface area (Å²) >= 11 is 0. The van der Waals surface area contributed by atoms with Crippen molar-refractivity contribution in [1.82, 2.24) is 10.3 Å². The van der Waals surface area contributed by atoms with Crippen LogP contribution in [0.15, 0.2) is 76.6 Å². The van der Waals surface area contributed by atoms with Gasteiger partial charge >= 0.3 is 47.6 Å². The molecule has 2 aromatic rings. The molecule has 248 valence electrons. The number of ether oxygens (including phenoxy) is 3. The van der Waals surface area contributed by atoms with Gasteiger partial charge in [-0.25, -0.2) is 19.4 Å². The molecule has 1 N–H and O–H groups in total. The number of alkyl carbamates (subject to hydrolysis) is 1. The van der Waals surface area contributed by atoms with E-state index in [1.165, 1.54) is 25.4 Å². The number of carboxylic acids is 1. The molecular weight excluding hydrogens is 625 g/mol. The van der Waals surface area contributed by atoms with E-state index in [2.05, 4.69) is 10.4 Å². The number of aliphatic carboxylic acids is 1. The number of amides is 1. The topological polar surface area (TPSA) is 147 Å². The fraction of sp³-hybridized carbons (Fsp3) is 0.417. The molecule has 0 saturated carbocycles. The summed E-state index contributed by atoms with van der Waals surface area (Å²) in [6, 6.07) is 14.9. The molecule has 2 aromatic carbocycles. The molecule has 1 atom stereocenters. The Hall–Kier alpha value is -3.93. The van der Waals surface area contributed by atoms with Gasteiger partial charge in [-0.05, 0) is 41.5 Å². The number of carboxylic acid groups (broad SMARTS) is 1. The summed E-state index contributed by atoms with van der Waals surface area (Å²) in [7, 11) is 2.54. The van der Waals surface area contributed by atoms with E-state index in [-0.39, 0.29) is 53.9 Å². The molecule has 0 bridgehead atoms. The molecule has 48 heavy (non-hydrogen) atoms. The molecule has 0 aromatic heterocycles. The normalized spacial score (nSPS) is 16.3. The number of rotatable bonds is 15. The number of unbranched alkanes of at least 4 members (excludes halogenated alkanes) is 7. The van der Waals surface area contributed by atoms with E-state index in [1.807, 2.05) is 54.6 Å². The van der Waals surface area contributed by atoms with Crippen LogP contribution in [-0.2, 0) is 34.0 Å². The van der Waals surface area contributed by atoms with Gasteiger partial charge in [-0.1, -0.05) is 93.1 Å². The molecule has 1 aliphatic carbocycles. The molecule has 1 amide bonds. The van der Waals surface area contributed by atoms with E-state index in [0.29, 0.717) is 18.5 Å². The van der Waals surface area contributed by atoms with Crippen LogP contribution in [0, 0.1) is 0 Å². The number of carbonyl (C=O) groups is 4. The van der Waals surface area contributed by atoms with Crippen molar-refractivity contribution in [3.8, 4) is 11.1 Å². The van der Waals surface area contributed by atoms with Crippen molar-refractivity contribution in [2.45, 2.75) is 69.2 Å². The van der Waals surface area contributed by atoms with Crippen LogP contribution in [-0.4, -0.2) is 68.6 Å². The van der Waals surface area contributed by atoms with Gasteiger partial charge in [0, 0.05) is 18.1 Å². The van der Waals surface area contributed by atoms with Crippen LogP contribution >= 0.6 is 0 Å². The van der Waals surface area contributed by atoms with Crippen molar-refractivity contribution >= 4 is 30.2 Å². The molecule has 2 heterocycles. The molecule has 5 rings (SSSR count). The van der Waals surface area contributed by atoms with Crippen molar-refractivity contribution in [2.75, 3.05) is 27.4 Å². The number of methoxy groups -OCH3 is 2. The third kappa shape index (κ3) is 7.38.